The summed E-state index contributed by atoms with van der Waals surface area (Å²) in [5.41, 5.74) is 3.18. The first-order valence-corrected chi connectivity index (χ1v) is 9.87. The van der Waals surface area contributed by atoms with Gasteiger partial charge in [0.05, 0.1) is 6.42 Å². The fraction of sp³-hybridized carbons (Fsp3) is 0.238. The number of quaternary nitrogens is 1. The van der Waals surface area contributed by atoms with Gasteiger partial charge in [-0.3, -0.25) is 4.79 Å². The van der Waals surface area contributed by atoms with Crippen molar-refractivity contribution in [3.63, 3.8) is 0 Å². The monoisotopic (exact) mass is 402 g/mol. The van der Waals surface area contributed by atoms with Gasteiger partial charge in [-0.15, -0.1) is 11.3 Å². The summed E-state index contributed by atoms with van der Waals surface area (Å²) < 4.78 is 26.9. The van der Waals surface area contributed by atoms with Crippen LogP contribution in [0.3, 0.4) is 0 Å². The molecule has 0 fully saturated rings. The van der Waals surface area contributed by atoms with E-state index in [1.165, 1.54) is 23.5 Å². The SMILES string of the molecule is Cc1ccc(NC(=O)Cc2nc(C[NH2+][C@@H](C)c3ccc(F)cc3F)cs2)cc1. The Labute approximate surface area is 166 Å². The molecular formula is C21H22F2N3OS+. The van der Waals surface area contributed by atoms with Gasteiger partial charge < -0.3 is 10.6 Å². The minimum absolute atomic E-state index is 0.115. The molecule has 3 rings (SSSR count). The molecule has 1 amide bonds. The number of anilines is 1. The molecule has 0 aliphatic rings. The zero-order valence-corrected chi connectivity index (χ0v) is 16.5. The molecule has 1 heterocycles. The first-order chi connectivity index (χ1) is 13.4. The van der Waals surface area contributed by atoms with Gasteiger partial charge in [0.25, 0.3) is 0 Å². The van der Waals surface area contributed by atoms with Gasteiger partial charge in [0.1, 0.15) is 34.9 Å². The van der Waals surface area contributed by atoms with E-state index in [-0.39, 0.29) is 18.4 Å². The van der Waals surface area contributed by atoms with Crippen molar-refractivity contribution in [3.05, 3.63) is 81.3 Å². The fourth-order valence-corrected chi connectivity index (χ4v) is 3.60. The third-order valence-corrected chi connectivity index (χ3v) is 5.28. The molecule has 0 radical (unpaired) electrons. The highest BCUT2D eigenvalue weighted by atomic mass is 32.1. The maximum Gasteiger partial charge on any atom is 0.231 e. The second-order valence-corrected chi connectivity index (χ2v) is 7.66. The summed E-state index contributed by atoms with van der Waals surface area (Å²) >= 11 is 1.43. The van der Waals surface area contributed by atoms with Crippen molar-refractivity contribution in [2.24, 2.45) is 0 Å². The number of carbonyl (C=O) groups is 1. The van der Waals surface area contributed by atoms with Crippen molar-refractivity contribution in [2.75, 3.05) is 5.32 Å². The maximum absolute atomic E-state index is 13.9. The highest BCUT2D eigenvalue weighted by molar-refractivity contribution is 7.09. The van der Waals surface area contributed by atoms with Crippen molar-refractivity contribution in [2.45, 2.75) is 32.9 Å². The summed E-state index contributed by atoms with van der Waals surface area (Å²) in [4.78, 5) is 16.6. The van der Waals surface area contributed by atoms with E-state index in [1.54, 1.807) is 0 Å². The van der Waals surface area contributed by atoms with Crippen LogP contribution in [0.15, 0.2) is 47.8 Å². The average Bonchev–Trinajstić information content (AvgIpc) is 3.09. The summed E-state index contributed by atoms with van der Waals surface area (Å²) in [5.74, 6) is -1.24. The summed E-state index contributed by atoms with van der Waals surface area (Å²) in [6.07, 6.45) is 0.209. The molecule has 28 heavy (non-hydrogen) atoms. The molecule has 3 aromatic rings. The number of halogens is 2. The minimum atomic E-state index is -0.582. The predicted octanol–water partition coefficient (Wildman–Crippen LogP) is 3.74. The van der Waals surface area contributed by atoms with Crippen LogP contribution in [0.5, 0.6) is 0 Å². The molecule has 0 unspecified atom stereocenters. The molecule has 0 spiro atoms. The first kappa shape index (κ1) is 20.1. The number of hydrogen-bond donors (Lipinski definition) is 2. The Morgan fingerprint density at radius 1 is 1.21 bits per heavy atom. The number of nitrogens with two attached hydrogens (primary N) is 1. The van der Waals surface area contributed by atoms with Crippen molar-refractivity contribution in [3.8, 4) is 0 Å². The van der Waals surface area contributed by atoms with Gasteiger partial charge in [0, 0.05) is 22.7 Å². The van der Waals surface area contributed by atoms with E-state index >= 15 is 0 Å². The number of amides is 1. The number of nitrogens with one attached hydrogen (secondary N) is 1. The standard InChI is InChI=1S/C21H21F2N3OS/c1-13-3-6-16(7-4-13)25-20(27)10-21-26-17(12-28-21)11-24-14(2)18-8-5-15(22)9-19(18)23/h3-9,12,14,24H,10-11H2,1-2H3,(H,25,27)/p+1/t14-/m0/s1. The molecular weight excluding hydrogens is 380 g/mol. The van der Waals surface area contributed by atoms with Gasteiger partial charge in [-0.25, -0.2) is 13.8 Å². The number of benzene rings is 2. The van der Waals surface area contributed by atoms with Crippen LogP contribution < -0.4 is 10.6 Å². The first-order valence-electron chi connectivity index (χ1n) is 8.99. The number of hydrogen-bond acceptors (Lipinski definition) is 3. The number of aryl methyl sites for hydroxylation is 1. The number of nitrogens with zero attached hydrogens (tertiary/aromatic N) is 1. The number of thiazole rings is 1. The largest absolute Gasteiger partial charge is 0.335 e. The third-order valence-electron chi connectivity index (χ3n) is 4.38. The molecule has 2 aromatic carbocycles. The topological polar surface area (TPSA) is 58.6 Å². The summed E-state index contributed by atoms with van der Waals surface area (Å²) in [5, 5.41) is 7.42. The predicted molar refractivity (Wildman–Crippen MR) is 106 cm³/mol. The van der Waals surface area contributed by atoms with E-state index in [2.05, 4.69) is 10.3 Å². The Balaban J connectivity index is 1.52. The molecule has 3 N–H and O–H groups in total. The van der Waals surface area contributed by atoms with E-state index in [9.17, 15) is 13.6 Å². The highest BCUT2D eigenvalue weighted by Gasteiger charge is 2.16. The van der Waals surface area contributed by atoms with Crippen molar-refractivity contribution >= 4 is 22.9 Å². The fourth-order valence-electron chi connectivity index (χ4n) is 2.80. The molecule has 7 heteroatoms. The molecule has 0 bridgehead atoms. The zero-order valence-electron chi connectivity index (χ0n) is 15.7. The minimum Gasteiger partial charge on any atom is -0.335 e. The van der Waals surface area contributed by atoms with E-state index in [4.69, 9.17) is 0 Å². The smallest absolute Gasteiger partial charge is 0.231 e. The number of aromatic nitrogens is 1. The van der Waals surface area contributed by atoms with Crippen molar-refractivity contribution < 1.29 is 18.9 Å². The van der Waals surface area contributed by atoms with Crippen LogP contribution in [-0.4, -0.2) is 10.9 Å². The quantitative estimate of drug-likeness (QED) is 0.633. The molecule has 1 atom stereocenters. The molecule has 0 aliphatic carbocycles. The summed E-state index contributed by atoms with van der Waals surface area (Å²) in [6.45, 7) is 4.40. The van der Waals surface area contributed by atoms with Crippen LogP contribution in [0, 0.1) is 18.6 Å². The van der Waals surface area contributed by atoms with E-state index in [0.29, 0.717) is 12.1 Å². The second-order valence-electron chi connectivity index (χ2n) is 6.72. The number of rotatable bonds is 7. The zero-order chi connectivity index (χ0) is 20.1. The highest BCUT2D eigenvalue weighted by Crippen LogP contribution is 2.16. The van der Waals surface area contributed by atoms with Gasteiger partial charge in [0.15, 0.2) is 0 Å². The maximum atomic E-state index is 13.9. The Morgan fingerprint density at radius 2 is 1.96 bits per heavy atom. The van der Waals surface area contributed by atoms with Gasteiger partial charge in [-0.05, 0) is 38.1 Å². The Bertz CT molecular complexity index is 957. The van der Waals surface area contributed by atoms with E-state index in [0.717, 1.165) is 28.0 Å². The lowest BCUT2D eigenvalue weighted by molar-refractivity contribution is -0.708. The lowest BCUT2D eigenvalue weighted by Gasteiger charge is -2.11. The van der Waals surface area contributed by atoms with E-state index in [1.807, 2.05) is 48.8 Å². The van der Waals surface area contributed by atoms with E-state index < -0.39 is 11.6 Å². The van der Waals surface area contributed by atoms with Gasteiger partial charge in [0.2, 0.25) is 5.91 Å². The normalized spacial score (nSPS) is 12.0. The molecule has 4 nitrogen and oxygen atoms in total. The van der Waals surface area contributed by atoms with Crippen LogP contribution in [0.1, 0.15) is 34.8 Å². The molecule has 0 aliphatic heterocycles. The molecule has 146 valence electrons. The van der Waals surface area contributed by atoms with Crippen molar-refractivity contribution in [1.82, 2.24) is 4.98 Å². The van der Waals surface area contributed by atoms with Crippen molar-refractivity contribution in [1.29, 1.82) is 0 Å². The van der Waals surface area contributed by atoms with Gasteiger partial charge >= 0.3 is 0 Å². The van der Waals surface area contributed by atoms with Crippen LogP contribution in [0.25, 0.3) is 0 Å². The van der Waals surface area contributed by atoms with Gasteiger partial charge in [-0.2, -0.15) is 0 Å². The van der Waals surface area contributed by atoms with Crippen LogP contribution >= 0.6 is 11.3 Å². The van der Waals surface area contributed by atoms with Gasteiger partial charge in [-0.1, -0.05) is 17.7 Å². The van der Waals surface area contributed by atoms with Crippen LogP contribution in [0.4, 0.5) is 14.5 Å². The molecule has 1 aromatic heterocycles. The summed E-state index contributed by atoms with van der Waals surface area (Å²) in [7, 11) is 0. The lowest BCUT2D eigenvalue weighted by atomic mass is 10.1. The van der Waals surface area contributed by atoms with Crippen LogP contribution in [-0.2, 0) is 17.8 Å². The molecule has 0 saturated heterocycles. The van der Waals surface area contributed by atoms with Crippen LogP contribution in [0.2, 0.25) is 0 Å². The number of carbonyl (C=O) groups excluding carboxylic acids is 1. The Morgan fingerprint density at radius 3 is 2.68 bits per heavy atom. The third kappa shape index (κ3) is 5.43. The Kier molecular flexibility index (Phi) is 6.49. The Hall–Kier alpha value is -2.64. The summed E-state index contributed by atoms with van der Waals surface area (Å²) in [6, 6.07) is 11.1. The second kappa shape index (κ2) is 9.03. The average molecular weight is 402 g/mol. The molecule has 0 saturated carbocycles. The lowest BCUT2D eigenvalue weighted by Crippen LogP contribution is -2.83.